The summed E-state index contributed by atoms with van der Waals surface area (Å²) in [5, 5.41) is 10.2. The predicted octanol–water partition coefficient (Wildman–Crippen LogP) is 3.81. The third kappa shape index (κ3) is 2.21. The average Bonchev–Trinajstić information content (AvgIpc) is 2.96. The molecule has 0 aliphatic heterocycles. The van der Waals surface area contributed by atoms with E-state index in [9.17, 15) is 9.59 Å². The van der Waals surface area contributed by atoms with Gasteiger partial charge in [0, 0.05) is 16.0 Å². The molecule has 0 aliphatic rings. The molecule has 0 saturated carbocycles. The van der Waals surface area contributed by atoms with Gasteiger partial charge in [0.15, 0.2) is 0 Å². The van der Waals surface area contributed by atoms with Crippen molar-refractivity contribution in [3.8, 4) is 0 Å². The number of carboxylic acids is 1. The molecule has 2 aromatic heterocycles. The normalized spacial score (nSPS) is 10.8. The molecule has 0 spiro atoms. The molecule has 0 unspecified atom stereocenters. The molecule has 20 heavy (non-hydrogen) atoms. The summed E-state index contributed by atoms with van der Waals surface area (Å²) in [6, 6.07) is 9.88. The number of thiophene rings is 1. The van der Waals surface area contributed by atoms with Crippen LogP contribution in [0.2, 0.25) is 5.02 Å². The largest absolute Gasteiger partial charge is 0.477 e. The van der Waals surface area contributed by atoms with Crippen molar-refractivity contribution in [2.45, 2.75) is 0 Å². The number of ketones is 1. The molecule has 100 valence electrons. The molecule has 6 heteroatoms. The predicted molar refractivity (Wildman–Crippen MR) is 78.0 cm³/mol. The van der Waals surface area contributed by atoms with Gasteiger partial charge in [-0.05, 0) is 36.4 Å². The van der Waals surface area contributed by atoms with E-state index in [-0.39, 0.29) is 11.5 Å². The Morgan fingerprint density at radius 3 is 2.45 bits per heavy atom. The molecule has 0 atom stereocenters. The lowest BCUT2D eigenvalue weighted by molar-refractivity contribution is 0.0691. The fraction of sp³-hybridized carbons (Fsp3) is 0. The Bertz CT molecular complexity index is 785. The molecule has 1 aromatic carbocycles. The van der Waals surface area contributed by atoms with E-state index in [2.05, 4.69) is 4.98 Å². The number of carbonyl (C=O) groups is 2. The van der Waals surface area contributed by atoms with Gasteiger partial charge in [0.25, 0.3) is 0 Å². The maximum Gasteiger partial charge on any atom is 0.352 e. The molecule has 0 amide bonds. The van der Waals surface area contributed by atoms with Crippen molar-refractivity contribution in [2.24, 2.45) is 0 Å². The zero-order valence-electron chi connectivity index (χ0n) is 10.0. The monoisotopic (exact) mass is 305 g/mol. The summed E-state index contributed by atoms with van der Waals surface area (Å²) >= 11 is 7.03. The molecule has 2 heterocycles. The van der Waals surface area contributed by atoms with Crippen LogP contribution in [0.4, 0.5) is 0 Å². The highest BCUT2D eigenvalue weighted by atomic mass is 35.5. The highest BCUT2D eigenvalue weighted by Crippen LogP contribution is 2.28. The van der Waals surface area contributed by atoms with Crippen LogP contribution in [0.15, 0.2) is 36.4 Å². The van der Waals surface area contributed by atoms with Crippen molar-refractivity contribution in [1.29, 1.82) is 0 Å². The van der Waals surface area contributed by atoms with Gasteiger partial charge in [0.05, 0.1) is 4.88 Å². The Hall–Kier alpha value is -2.11. The smallest absolute Gasteiger partial charge is 0.352 e. The van der Waals surface area contributed by atoms with Crippen LogP contribution in [-0.2, 0) is 0 Å². The number of H-pyrrole nitrogens is 1. The van der Waals surface area contributed by atoms with Crippen LogP contribution >= 0.6 is 22.9 Å². The maximum atomic E-state index is 12.3. The lowest BCUT2D eigenvalue weighted by Gasteiger charge is -1.97. The second kappa shape index (κ2) is 4.77. The first-order chi connectivity index (χ1) is 9.54. The number of carbonyl (C=O) groups excluding carboxylic acids is 1. The van der Waals surface area contributed by atoms with Crippen LogP contribution < -0.4 is 0 Å². The van der Waals surface area contributed by atoms with Gasteiger partial charge in [-0.1, -0.05) is 11.6 Å². The van der Waals surface area contributed by atoms with Crippen molar-refractivity contribution in [3.05, 3.63) is 57.6 Å². The summed E-state index contributed by atoms with van der Waals surface area (Å²) in [6.45, 7) is 0. The highest BCUT2D eigenvalue weighted by molar-refractivity contribution is 7.20. The van der Waals surface area contributed by atoms with E-state index in [4.69, 9.17) is 16.7 Å². The number of halogens is 1. The third-order valence-corrected chi connectivity index (χ3v) is 4.19. The molecule has 4 nitrogen and oxygen atoms in total. The van der Waals surface area contributed by atoms with E-state index in [1.54, 1.807) is 30.3 Å². The fourth-order valence-electron chi connectivity index (χ4n) is 1.89. The number of benzene rings is 1. The molecular weight excluding hydrogens is 298 g/mol. The molecule has 0 bridgehead atoms. The van der Waals surface area contributed by atoms with Crippen LogP contribution in [-0.4, -0.2) is 21.8 Å². The summed E-state index contributed by atoms with van der Waals surface area (Å²) in [7, 11) is 0. The van der Waals surface area contributed by atoms with E-state index < -0.39 is 5.97 Å². The Morgan fingerprint density at radius 1 is 1.15 bits per heavy atom. The molecule has 0 fully saturated rings. The number of carboxylic acid groups (broad SMARTS) is 1. The first-order valence-electron chi connectivity index (χ1n) is 5.71. The van der Waals surface area contributed by atoms with Crippen LogP contribution in [0.5, 0.6) is 0 Å². The summed E-state index contributed by atoms with van der Waals surface area (Å²) < 4.78 is 0. The molecule has 0 radical (unpaired) electrons. The number of hydrogen-bond acceptors (Lipinski definition) is 3. The van der Waals surface area contributed by atoms with Gasteiger partial charge in [-0.3, -0.25) is 4.79 Å². The average molecular weight is 306 g/mol. The van der Waals surface area contributed by atoms with Crippen molar-refractivity contribution >= 4 is 44.9 Å². The molecule has 0 aliphatic carbocycles. The van der Waals surface area contributed by atoms with Crippen LogP contribution in [0.1, 0.15) is 25.7 Å². The molecule has 2 N–H and O–H groups in total. The van der Waals surface area contributed by atoms with Crippen molar-refractivity contribution in [2.75, 3.05) is 0 Å². The lowest BCUT2D eigenvalue weighted by Crippen LogP contribution is -1.98. The minimum absolute atomic E-state index is 0.104. The maximum absolute atomic E-state index is 12.3. The molecule has 0 saturated heterocycles. The Labute approximate surface area is 122 Å². The Morgan fingerprint density at radius 2 is 1.85 bits per heavy atom. The number of rotatable bonds is 3. The molecule has 3 aromatic rings. The number of nitrogens with one attached hydrogen (secondary N) is 1. The van der Waals surface area contributed by atoms with E-state index >= 15 is 0 Å². The number of aromatic carboxylic acids is 1. The molecule has 3 rings (SSSR count). The Balaban J connectivity index is 1.97. The number of hydrogen-bond donors (Lipinski definition) is 2. The third-order valence-electron chi connectivity index (χ3n) is 2.87. The van der Waals surface area contributed by atoms with Crippen molar-refractivity contribution < 1.29 is 14.7 Å². The quantitative estimate of drug-likeness (QED) is 0.723. The second-order valence-corrected chi connectivity index (χ2v) is 5.71. The summed E-state index contributed by atoms with van der Waals surface area (Å²) in [5.74, 6) is -1.12. The van der Waals surface area contributed by atoms with Crippen LogP contribution in [0, 0.1) is 0 Å². The van der Waals surface area contributed by atoms with E-state index in [1.807, 2.05) is 0 Å². The van der Waals surface area contributed by atoms with Crippen molar-refractivity contribution in [3.63, 3.8) is 0 Å². The van der Waals surface area contributed by atoms with Gasteiger partial charge in [-0.2, -0.15) is 0 Å². The van der Waals surface area contributed by atoms with Crippen LogP contribution in [0.3, 0.4) is 0 Å². The van der Waals surface area contributed by atoms with Gasteiger partial charge in [-0.25, -0.2) is 4.79 Å². The Kier molecular flexibility index (Phi) is 3.08. The van der Waals surface area contributed by atoms with E-state index in [1.165, 1.54) is 17.4 Å². The number of fused-ring (bicyclic) bond motifs is 1. The zero-order valence-corrected chi connectivity index (χ0v) is 11.6. The standard InChI is InChI=1S/C14H8ClNO3S/c15-9-3-1-7(2-4-9)12(17)11-6-8-5-10(14(18)19)16-13(8)20-11/h1-6,16H,(H,18,19). The summed E-state index contributed by atoms with van der Waals surface area (Å²) in [4.78, 5) is 27.1. The van der Waals surface area contributed by atoms with Gasteiger partial charge >= 0.3 is 5.97 Å². The highest BCUT2D eigenvalue weighted by Gasteiger charge is 2.15. The lowest BCUT2D eigenvalue weighted by atomic mass is 10.1. The summed E-state index contributed by atoms with van der Waals surface area (Å²) in [6.07, 6.45) is 0. The minimum Gasteiger partial charge on any atom is -0.477 e. The van der Waals surface area contributed by atoms with Crippen molar-refractivity contribution in [1.82, 2.24) is 4.98 Å². The fourth-order valence-corrected chi connectivity index (χ4v) is 3.03. The minimum atomic E-state index is -1.01. The first-order valence-corrected chi connectivity index (χ1v) is 6.90. The number of aromatic nitrogens is 1. The van der Waals surface area contributed by atoms with E-state index in [0.29, 0.717) is 20.3 Å². The first kappa shape index (κ1) is 12.9. The van der Waals surface area contributed by atoms with E-state index in [0.717, 1.165) is 5.39 Å². The topological polar surface area (TPSA) is 70.2 Å². The SMILES string of the molecule is O=C(O)c1cc2cc(C(=O)c3ccc(Cl)cc3)sc2[nH]1. The summed E-state index contributed by atoms with van der Waals surface area (Å²) in [5.41, 5.74) is 0.675. The number of aromatic amines is 1. The van der Waals surface area contributed by atoms with Gasteiger partial charge in [-0.15, -0.1) is 11.3 Å². The van der Waals surface area contributed by atoms with Gasteiger partial charge in [0.1, 0.15) is 10.5 Å². The van der Waals surface area contributed by atoms with Gasteiger partial charge in [0.2, 0.25) is 5.78 Å². The van der Waals surface area contributed by atoms with Gasteiger partial charge < -0.3 is 10.1 Å². The second-order valence-electron chi connectivity index (χ2n) is 4.22. The molecular formula is C14H8ClNO3S. The zero-order chi connectivity index (χ0) is 14.3. The van der Waals surface area contributed by atoms with Crippen LogP contribution in [0.25, 0.3) is 10.2 Å².